The summed E-state index contributed by atoms with van der Waals surface area (Å²) in [7, 11) is 0. The number of hydrogen-bond donors (Lipinski definition) is 3. The van der Waals surface area contributed by atoms with Gasteiger partial charge in [0.25, 0.3) is 0 Å². The molecule has 1 aromatic carbocycles. The van der Waals surface area contributed by atoms with Crippen LogP contribution in [0.5, 0.6) is 17.2 Å². The number of ether oxygens (including phenoxy) is 1. The molecule has 1 aliphatic heterocycles. The minimum Gasteiger partial charge on any atom is -0.507 e. The quantitative estimate of drug-likeness (QED) is 0.324. The molecule has 3 N–H and O–H groups in total. The summed E-state index contributed by atoms with van der Waals surface area (Å²) in [5.74, 6) is -1.84. The highest BCUT2D eigenvalue weighted by molar-refractivity contribution is 5.98. The van der Waals surface area contributed by atoms with Crippen LogP contribution >= 0.6 is 0 Å². The second-order valence-electron chi connectivity index (χ2n) is 3.10. The number of hydrogen-bond acceptors (Lipinski definition) is 5. The lowest BCUT2D eigenvalue weighted by Gasteiger charge is -2.08. The van der Waals surface area contributed by atoms with E-state index in [1.54, 1.807) is 0 Å². The van der Waals surface area contributed by atoms with E-state index >= 15 is 0 Å². The molecule has 2 rings (SSSR count). The molecule has 1 aliphatic rings. The summed E-state index contributed by atoms with van der Waals surface area (Å²) in [5.41, 5.74) is 0.147. The Morgan fingerprint density at radius 2 is 1.79 bits per heavy atom. The van der Waals surface area contributed by atoms with Crippen molar-refractivity contribution in [3.05, 3.63) is 16.7 Å². The molecule has 0 aliphatic carbocycles. The van der Waals surface area contributed by atoms with Crippen molar-refractivity contribution < 1.29 is 24.9 Å². The summed E-state index contributed by atoms with van der Waals surface area (Å²) in [6.45, 7) is 1.28. The van der Waals surface area contributed by atoms with Gasteiger partial charge in [-0.3, -0.25) is 0 Å². The first kappa shape index (κ1) is 8.68. The number of cyclic esters (lactones) is 1. The molecule has 0 aromatic heterocycles. The number of phenolic OH excluding ortho intramolecular Hbond substituents is 3. The number of phenols is 3. The molecule has 0 spiro atoms. The molecular weight excluding hydrogens is 188 g/mol. The van der Waals surface area contributed by atoms with E-state index in [0.717, 1.165) is 0 Å². The predicted octanol–water partition coefficient (Wildman–Crippen LogP) is 0.782. The maximum atomic E-state index is 11.1. The zero-order valence-electron chi connectivity index (χ0n) is 7.37. The molecule has 0 unspecified atom stereocenters. The Morgan fingerprint density at radius 3 is 2.43 bits per heavy atom. The Bertz CT molecular complexity index is 436. The molecule has 0 atom stereocenters. The van der Waals surface area contributed by atoms with Gasteiger partial charge in [-0.2, -0.15) is 0 Å². The fraction of sp³-hybridized carbons (Fsp3) is 0.222. The highest BCUT2D eigenvalue weighted by Crippen LogP contribution is 2.44. The van der Waals surface area contributed by atoms with Crippen LogP contribution in [0.25, 0.3) is 0 Å². The molecule has 0 amide bonds. The van der Waals surface area contributed by atoms with Crippen LogP contribution in [0.2, 0.25) is 0 Å². The molecule has 5 heteroatoms. The van der Waals surface area contributed by atoms with E-state index in [0.29, 0.717) is 0 Å². The van der Waals surface area contributed by atoms with Crippen molar-refractivity contribution in [1.82, 2.24) is 0 Å². The van der Waals surface area contributed by atoms with Gasteiger partial charge in [-0.15, -0.1) is 0 Å². The summed E-state index contributed by atoms with van der Waals surface area (Å²) >= 11 is 0. The minimum atomic E-state index is -0.684. The van der Waals surface area contributed by atoms with Gasteiger partial charge in [0.1, 0.15) is 17.9 Å². The Hall–Kier alpha value is -1.91. The van der Waals surface area contributed by atoms with E-state index < -0.39 is 17.5 Å². The molecule has 5 nitrogen and oxygen atoms in total. The Morgan fingerprint density at radius 1 is 1.14 bits per heavy atom. The first-order valence-corrected chi connectivity index (χ1v) is 3.97. The van der Waals surface area contributed by atoms with Gasteiger partial charge >= 0.3 is 5.97 Å². The fourth-order valence-electron chi connectivity index (χ4n) is 1.45. The van der Waals surface area contributed by atoms with Crippen molar-refractivity contribution in [2.45, 2.75) is 13.5 Å². The molecule has 0 radical (unpaired) electrons. The molecule has 74 valence electrons. The Kier molecular flexibility index (Phi) is 1.57. The van der Waals surface area contributed by atoms with Crippen molar-refractivity contribution in [3.63, 3.8) is 0 Å². The number of carbonyl (C=O) groups is 1. The van der Waals surface area contributed by atoms with Crippen LogP contribution in [0.3, 0.4) is 0 Å². The van der Waals surface area contributed by atoms with E-state index in [-0.39, 0.29) is 29.0 Å². The second kappa shape index (κ2) is 2.54. The number of carbonyl (C=O) groups excluding carboxylic acids is 1. The van der Waals surface area contributed by atoms with Gasteiger partial charge in [0.05, 0.1) is 5.56 Å². The monoisotopic (exact) mass is 196 g/mol. The molecule has 0 bridgehead atoms. The zero-order chi connectivity index (χ0) is 10.5. The van der Waals surface area contributed by atoms with Gasteiger partial charge in [0.2, 0.25) is 0 Å². The maximum Gasteiger partial charge on any atom is 0.342 e. The third-order valence-electron chi connectivity index (χ3n) is 2.31. The van der Waals surface area contributed by atoms with Crippen LogP contribution in [-0.2, 0) is 11.3 Å². The van der Waals surface area contributed by atoms with E-state index in [1.807, 2.05) is 0 Å². The summed E-state index contributed by atoms with van der Waals surface area (Å²) in [5, 5.41) is 28.3. The largest absolute Gasteiger partial charge is 0.507 e. The SMILES string of the molecule is Cc1c(O)c(O)c2c(c1O)C(=O)OC2. The molecule has 0 fully saturated rings. The molecule has 0 saturated heterocycles. The normalized spacial score (nSPS) is 13.9. The second-order valence-corrected chi connectivity index (χ2v) is 3.10. The van der Waals surface area contributed by atoms with Gasteiger partial charge in [-0.25, -0.2) is 4.79 Å². The van der Waals surface area contributed by atoms with Crippen molar-refractivity contribution in [1.29, 1.82) is 0 Å². The van der Waals surface area contributed by atoms with E-state index in [1.165, 1.54) is 6.92 Å². The standard InChI is InChI=1S/C9H8O5/c1-3-6(10)5-4(2-14-9(5)13)8(12)7(3)11/h10-12H,2H2,1H3. The fourth-order valence-corrected chi connectivity index (χ4v) is 1.45. The average molecular weight is 196 g/mol. The van der Waals surface area contributed by atoms with Gasteiger partial charge in [0.15, 0.2) is 11.5 Å². The topological polar surface area (TPSA) is 87.0 Å². The first-order valence-electron chi connectivity index (χ1n) is 3.97. The van der Waals surface area contributed by atoms with Gasteiger partial charge in [-0.05, 0) is 6.92 Å². The Balaban J connectivity index is 2.84. The first-order chi connectivity index (χ1) is 6.54. The number of fused-ring (bicyclic) bond motifs is 1. The highest BCUT2D eigenvalue weighted by atomic mass is 16.5. The summed E-state index contributed by atoms with van der Waals surface area (Å²) in [4.78, 5) is 11.1. The van der Waals surface area contributed by atoms with Crippen molar-refractivity contribution >= 4 is 5.97 Å². The van der Waals surface area contributed by atoms with E-state index in [9.17, 15) is 20.1 Å². The lowest BCUT2D eigenvalue weighted by Crippen LogP contribution is -1.96. The Labute approximate surface area is 79.2 Å². The van der Waals surface area contributed by atoms with Crippen LogP contribution in [0, 0.1) is 6.92 Å². The third-order valence-corrected chi connectivity index (χ3v) is 2.31. The molecule has 0 saturated carbocycles. The summed E-state index contributed by atoms with van der Waals surface area (Å²) in [6, 6.07) is 0. The zero-order valence-corrected chi connectivity index (χ0v) is 7.37. The number of esters is 1. The third kappa shape index (κ3) is 0.863. The number of aromatic hydroxyl groups is 3. The summed E-state index contributed by atoms with van der Waals surface area (Å²) in [6.07, 6.45) is 0. The smallest absolute Gasteiger partial charge is 0.342 e. The van der Waals surface area contributed by atoms with Crippen LogP contribution in [-0.4, -0.2) is 21.3 Å². The number of benzene rings is 1. The van der Waals surface area contributed by atoms with Crippen LogP contribution in [0.4, 0.5) is 0 Å². The van der Waals surface area contributed by atoms with Crippen molar-refractivity contribution in [2.75, 3.05) is 0 Å². The van der Waals surface area contributed by atoms with Gasteiger partial charge in [-0.1, -0.05) is 0 Å². The van der Waals surface area contributed by atoms with E-state index in [2.05, 4.69) is 4.74 Å². The van der Waals surface area contributed by atoms with E-state index in [4.69, 9.17) is 0 Å². The number of rotatable bonds is 0. The van der Waals surface area contributed by atoms with Crippen LogP contribution in [0.15, 0.2) is 0 Å². The maximum absolute atomic E-state index is 11.1. The minimum absolute atomic E-state index is 0.0576. The summed E-state index contributed by atoms with van der Waals surface area (Å²) < 4.78 is 4.62. The average Bonchev–Trinajstić information content (AvgIpc) is 2.54. The van der Waals surface area contributed by atoms with Gasteiger partial charge in [0, 0.05) is 5.56 Å². The lowest BCUT2D eigenvalue weighted by atomic mass is 10.0. The van der Waals surface area contributed by atoms with Crippen LogP contribution < -0.4 is 0 Å². The van der Waals surface area contributed by atoms with Crippen molar-refractivity contribution in [3.8, 4) is 17.2 Å². The molecule has 14 heavy (non-hydrogen) atoms. The molecule has 1 heterocycles. The van der Waals surface area contributed by atoms with Gasteiger partial charge < -0.3 is 20.1 Å². The predicted molar refractivity (Wildman–Crippen MR) is 45.3 cm³/mol. The molecular formula is C9H8O5. The van der Waals surface area contributed by atoms with Crippen LogP contribution in [0.1, 0.15) is 21.5 Å². The molecule has 1 aromatic rings. The lowest BCUT2D eigenvalue weighted by molar-refractivity contribution is 0.0532. The van der Waals surface area contributed by atoms with Crippen molar-refractivity contribution in [2.24, 2.45) is 0 Å². The highest BCUT2D eigenvalue weighted by Gasteiger charge is 2.31.